The molecule has 1 fully saturated rings. The number of unbranched alkanes of at least 4 members (excludes halogenated alkanes) is 3. The third-order valence-corrected chi connectivity index (χ3v) is 15.0. The van der Waals surface area contributed by atoms with Crippen molar-refractivity contribution in [3.8, 4) is 11.5 Å². The van der Waals surface area contributed by atoms with Crippen molar-refractivity contribution < 1.29 is 108 Å². The van der Waals surface area contributed by atoms with Crippen LogP contribution in [0.4, 0.5) is 4.79 Å². The summed E-state index contributed by atoms with van der Waals surface area (Å²) in [5.74, 6) is 2.16. The molecule has 0 unspecified atom stereocenters. The van der Waals surface area contributed by atoms with E-state index in [0.717, 1.165) is 67.8 Å². The Morgan fingerprint density at radius 2 is 1.00 bits per heavy atom. The summed E-state index contributed by atoms with van der Waals surface area (Å²) in [6, 6.07) is 13.0. The minimum atomic E-state index is -0.466. The van der Waals surface area contributed by atoms with Crippen molar-refractivity contribution in [3.63, 3.8) is 0 Å². The zero-order valence-corrected chi connectivity index (χ0v) is 53.6. The topological polar surface area (TPSA) is 272 Å². The first-order valence-corrected chi connectivity index (χ1v) is 32.9. The van der Waals surface area contributed by atoms with Crippen LogP contribution >= 0.6 is 11.8 Å². The predicted molar refractivity (Wildman–Crippen MR) is 321 cm³/mol. The number of alkyl halides is 1. The molecular weight excluding hydrogens is 1240 g/mol. The molecular formula is C60H101IN5O18S+. The van der Waals surface area contributed by atoms with Crippen molar-refractivity contribution in [2.24, 2.45) is 5.73 Å². The van der Waals surface area contributed by atoms with Crippen molar-refractivity contribution >= 4 is 35.5 Å². The molecule has 0 aliphatic carbocycles. The largest absolute Gasteiger partial charge is 0.493 e. The summed E-state index contributed by atoms with van der Waals surface area (Å²) in [5, 5.41) is 12.0. The lowest BCUT2D eigenvalue weighted by Gasteiger charge is -2.12. The van der Waals surface area contributed by atoms with Gasteiger partial charge in [-0.15, -0.1) is 0 Å². The number of rotatable bonds is 59. The maximum atomic E-state index is 12.6. The van der Waals surface area contributed by atoms with Crippen LogP contribution in [0.15, 0.2) is 42.5 Å². The Hall–Kier alpha value is -3.68. The molecule has 0 saturated carbocycles. The fraction of sp³-hybridized carbons (Fsp3) is 0.733. The van der Waals surface area contributed by atoms with Gasteiger partial charge in [-0.3, -0.25) is 14.4 Å². The standard InChI is InChI=1S/C60H100IN5O18S/c1-71-56-46-50(8-4-5-18-61)13-16-55(56)84-21-7-6-19-64-59(69)52-14-11-51(12-15-52)48-65-58(68)17-22-72-24-26-74-28-30-76-32-34-78-36-38-80-40-42-82-44-45-83-43-41-81-39-37-79-35-33-77-31-29-75-27-25-73-23-20-63-57(67)10-3-2-9-54-47-53(49-85-54)66-60(62)70/h11-16,46,53-54,61H,2-10,17-45,47-49H2,1H3,(H5-,62,63,64,65,66,67,68,69,70)/p+1/t53-,54+/m1/s1. The fourth-order valence-corrected chi connectivity index (χ4v) is 10.1. The van der Waals surface area contributed by atoms with Gasteiger partial charge in [0.05, 0.1) is 172 Å². The highest BCUT2D eigenvalue weighted by Crippen LogP contribution is 2.31. The van der Waals surface area contributed by atoms with E-state index in [1.54, 1.807) is 19.2 Å². The molecule has 0 bridgehead atoms. The van der Waals surface area contributed by atoms with Crippen molar-refractivity contribution in [3.05, 3.63) is 59.2 Å². The number of aryl methyl sites for hydroxylation is 1. The first-order valence-electron chi connectivity index (χ1n) is 30.2. The van der Waals surface area contributed by atoms with Crippen LogP contribution in [0.5, 0.6) is 11.5 Å². The fourth-order valence-electron chi connectivity index (χ4n) is 8.10. The minimum Gasteiger partial charge on any atom is -0.493 e. The van der Waals surface area contributed by atoms with Gasteiger partial charge < -0.3 is 93.3 Å². The van der Waals surface area contributed by atoms with Gasteiger partial charge in [0, 0.05) is 55.1 Å². The number of primary amides is 1. The molecule has 2 aromatic rings. The van der Waals surface area contributed by atoms with Crippen LogP contribution in [-0.4, -0.2) is 231 Å². The number of carbonyl (C=O) groups excluding carboxylic acids is 4. The smallest absolute Gasteiger partial charge is 0.312 e. The second-order valence-corrected chi connectivity index (χ2v) is 22.0. The van der Waals surface area contributed by atoms with Gasteiger partial charge in [-0.25, -0.2) is 4.79 Å². The molecule has 85 heavy (non-hydrogen) atoms. The molecule has 1 saturated heterocycles. The molecule has 2 atom stereocenters. The SMILES string of the molecule is COc1cc(CCCC[IH+])ccc1OCCCCNC(=O)c1ccc(CNC(=O)CCOCCOCCOCCOCCOCCOCCOCCOCCOCCOCCOCCOCCNC(=O)CCCC[C@H]2C[C@@H](NC(N)=O)CS2)cc1. The quantitative estimate of drug-likeness (QED) is 0.0355. The van der Waals surface area contributed by atoms with Gasteiger partial charge in [0.15, 0.2) is 11.5 Å². The van der Waals surface area contributed by atoms with Crippen molar-refractivity contribution in [1.29, 1.82) is 0 Å². The number of methoxy groups -OCH3 is 1. The summed E-state index contributed by atoms with van der Waals surface area (Å²) in [4.78, 5) is 48.0. The molecule has 1 aliphatic heterocycles. The number of carbonyl (C=O) groups is 4. The Morgan fingerprint density at radius 3 is 1.51 bits per heavy atom. The monoisotopic (exact) mass is 1340 g/mol. The molecule has 1 heterocycles. The van der Waals surface area contributed by atoms with Gasteiger partial charge >= 0.3 is 6.03 Å². The van der Waals surface area contributed by atoms with E-state index in [0.29, 0.717) is 195 Å². The van der Waals surface area contributed by atoms with Crippen molar-refractivity contribution in [2.75, 3.05) is 196 Å². The number of halogens is 1. The number of hydrogen-bond acceptors (Lipinski definition) is 19. The normalized spacial score (nSPS) is 13.9. The average molecular weight is 1340 g/mol. The Bertz CT molecular complexity index is 1970. The minimum absolute atomic E-state index is 0.0355. The van der Waals surface area contributed by atoms with Crippen LogP contribution in [0, 0.1) is 0 Å². The number of nitrogens with one attached hydrogen (secondary N) is 4. The third-order valence-electron chi connectivity index (χ3n) is 12.6. The van der Waals surface area contributed by atoms with Crippen LogP contribution in [0.2, 0.25) is 0 Å². The van der Waals surface area contributed by atoms with Gasteiger partial charge in [-0.05, 0) is 86.8 Å². The second-order valence-electron chi connectivity index (χ2n) is 19.5. The van der Waals surface area contributed by atoms with E-state index < -0.39 is 6.03 Å². The summed E-state index contributed by atoms with van der Waals surface area (Å²) < 4.78 is 79.0. The highest BCUT2D eigenvalue weighted by atomic mass is 127. The zero-order chi connectivity index (χ0) is 60.7. The van der Waals surface area contributed by atoms with Gasteiger partial charge in [-0.1, -0.05) is 24.6 Å². The van der Waals surface area contributed by atoms with Gasteiger partial charge in [-0.2, -0.15) is 11.8 Å². The summed E-state index contributed by atoms with van der Waals surface area (Å²) >= 11 is 3.99. The molecule has 1 aliphatic rings. The Balaban J connectivity index is 0.930. The van der Waals surface area contributed by atoms with E-state index in [2.05, 4.69) is 56.0 Å². The van der Waals surface area contributed by atoms with E-state index in [4.69, 9.17) is 72.0 Å². The zero-order valence-electron chi connectivity index (χ0n) is 50.4. The first kappa shape index (κ1) is 75.6. The summed E-state index contributed by atoms with van der Waals surface area (Å²) in [6.07, 6.45) is 9.54. The summed E-state index contributed by atoms with van der Waals surface area (Å²) in [7, 11) is 1.66. The highest BCUT2D eigenvalue weighted by Gasteiger charge is 2.25. The lowest BCUT2D eigenvalue weighted by molar-refractivity contribution is -0.368. The van der Waals surface area contributed by atoms with Gasteiger partial charge in [0.1, 0.15) is 4.43 Å². The molecule has 0 radical (unpaired) electrons. The molecule has 2 aromatic carbocycles. The number of amides is 5. The third kappa shape index (κ3) is 43.6. The molecule has 5 amide bonds. The summed E-state index contributed by atoms with van der Waals surface area (Å²) in [5.41, 5.74) is 7.92. The number of thioether (sulfide) groups is 1. The Morgan fingerprint density at radius 1 is 0.506 bits per heavy atom. The predicted octanol–water partition coefficient (Wildman–Crippen LogP) is 1.32. The maximum Gasteiger partial charge on any atom is 0.312 e. The number of urea groups is 1. The van der Waals surface area contributed by atoms with Crippen LogP contribution in [0.25, 0.3) is 0 Å². The maximum absolute atomic E-state index is 12.6. The lowest BCUT2D eigenvalue weighted by Crippen LogP contribution is -3.35. The van der Waals surface area contributed by atoms with Crippen molar-refractivity contribution in [1.82, 2.24) is 21.3 Å². The average Bonchev–Trinajstić information content (AvgIpc) is 4.01. The van der Waals surface area contributed by atoms with E-state index in [1.165, 1.54) is 22.8 Å². The van der Waals surface area contributed by atoms with Gasteiger partial charge in [0.2, 0.25) is 11.8 Å². The Kier molecular flexibility index (Phi) is 48.4. The molecule has 25 heteroatoms. The van der Waals surface area contributed by atoms with E-state index >= 15 is 0 Å². The molecule has 23 nitrogen and oxygen atoms in total. The Labute approximate surface area is 522 Å². The summed E-state index contributed by atoms with van der Waals surface area (Å²) in [6.45, 7) is 12.6. The second kappa shape index (κ2) is 54.5. The van der Waals surface area contributed by atoms with E-state index in [1.807, 2.05) is 30.0 Å². The molecule has 486 valence electrons. The number of nitrogens with two attached hydrogens (primary N) is 1. The van der Waals surface area contributed by atoms with E-state index in [-0.39, 0.29) is 36.8 Å². The van der Waals surface area contributed by atoms with Crippen LogP contribution in [0.3, 0.4) is 0 Å². The van der Waals surface area contributed by atoms with Crippen LogP contribution < -0.4 is 59.1 Å². The molecule has 0 aromatic heterocycles. The van der Waals surface area contributed by atoms with Crippen LogP contribution in [-0.2, 0) is 79.4 Å². The van der Waals surface area contributed by atoms with E-state index in [9.17, 15) is 19.2 Å². The van der Waals surface area contributed by atoms with Crippen molar-refractivity contribution in [2.45, 2.75) is 88.5 Å². The highest BCUT2D eigenvalue weighted by molar-refractivity contribution is 8.00. The number of benzene rings is 2. The number of ether oxygens (including phenoxy) is 14. The van der Waals surface area contributed by atoms with Crippen LogP contribution in [0.1, 0.15) is 85.7 Å². The molecule has 0 spiro atoms. The molecule has 3 rings (SSSR count). The van der Waals surface area contributed by atoms with Gasteiger partial charge in [0.25, 0.3) is 28.5 Å². The lowest BCUT2D eigenvalue weighted by atomic mass is 10.1. The number of hydrogen-bond donors (Lipinski definition) is 5. The molecule has 6 N–H and O–H groups in total. The first-order chi connectivity index (χ1) is 41.8.